The summed E-state index contributed by atoms with van der Waals surface area (Å²) in [4.78, 5) is 23.7. The van der Waals surface area contributed by atoms with Gasteiger partial charge < -0.3 is 4.90 Å². The fourth-order valence-corrected chi connectivity index (χ4v) is 4.12. The number of rotatable bonds is 3. The van der Waals surface area contributed by atoms with Crippen molar-refractivity contribution in [1.82, 2.24) is 19.6 Å². The smallest absolute Gasteiger partial charge is 0.253 e. The lowest BCUT2D eigenvalue weighted by Gasteiger charge is -2.22. The quantitative estimate of drug-likeness (QED) is 0.666. The first kappa shape index (κ1) is 17.0. The van der Waals surface area contributed by atoms with Crippen molar-refractivity contribution in [1.29, 1.82) is 0 Å². The van der Waals surface area contributed by atoms with Crippen LogP contribution in [-0.2, 0) is 11.2 Å². The van der Waals surface area contributed by atoms with Gasteiger partial charge in [-0.15, -0.1) is 5.10 Å². The number of carbonyl (C=O) groups excluding carboxylic acids is 1. The molecule has 3 heterocycles. The summed E-state index contributed by atoms with van der Waals surface area (Å²) in [6.45, 7) is 8.10. The van der Waals surface area contributed by atoms with Crippen molar-refractivity contribution in [2.24, 2.45) is 0 Å². The molecule has 1 aliphatic rings. The van der Waals surface area contributed by atoms with Crippen molar-refractivity contribution >= 4 is 29.1 Å². The fourth-order valence-electron chi connectivity index (χ4n) is 3.44. The SMILES string of the molecule is Cc1nc2nc(SCC(=O)N3c4ccccc4C[C@H]3C)nn2c(C)c1C. The number of fused-ring (bicyclic) bond motifs is 2. The molecule has 0 saturated heterocycles. The molecule has 1 aromatic carbocycles. The van der Waals surface area contributed by atoms with Crippen LogP contribution in [0.1, 0.15) is 29.4 Å². The molecule has 0 fully saturated rings. The Morgan fingerprint density at radius 1 is 1.23 bits per heavy atom. The Morgan fingerprint density at radius 2 is 2.00 bits per heavy atom. The van der Waals surface area contributed by atoms with Gasteiger partial charge in [0.1, 0.15) is 0 Å². The second-order valence-corrected chi connectivity index (χ2v) is 7.69. The van der Waals surface area contributed by atoms with E-state index in [-0.39, 0.29) is 11.9 Å². The Labute approximate surface area is 156 Å². The number of benzene rings is 1. The molecule has 1 amide bonds. The maximum Gasteiger partial charge on any atom is 0.253 e. The van der Waals surface area contributed by atoms with E-state index in [1.165, 1.54) is 17.3 Å². The topological polar surface area (TPSA) is 63.4 Å². The maximum atomic E-state index is 12.8. The maximum absolute atomic E-state index is 12.8. The summed E-state index contributed by atoms with van der Waals surface area (Å²) in [7, 11) is 0. The molecule has 0 aliphatic carbocycles. The molecule has 0 radical (unpaired) electrons. The third-order valence-electron chi connectivity index (χ3n) is 5.04. The molecule has 0 unspecified atom stereocenters. The van der Waals surface area contributed by atoms with E-state index in [1.807, 2.05) is 43.9 Å². The highest BCUT2D eigenvalue weighted by atomic mass is 32.2. The van der Waals surface area contributed by atoms with Crippen LogP contribution in [0.15, 0.2) is 29.4 Å². The number of para-hydroxylation sites is 1. The van der Waals surface area contributed by atoms with Gasteiger partial charge in [0.05, 0.1) is 5.75 Å². The van der Waals surface area contributed by atoms with Crippen LogP contribution in [0.2, 0.25) is 0 Å². The molecule has 4 rings (SSSR count). The number of hydrogen-bond acceptors (Lipinski definition) is 5. The van der Waals surface area contributed by atoms with Gasteiger partial charge in [-0.05, 0) is 51.3 Å². The first-order chi connectivity index (χ1) is 12.5. The molecule has 0 spiro atoms. The molecule has 0 bridgehead atoms. The number of anilines is 1. The number of nitrogens with zero attached hydrogens (tertiary/aromatic N) is 5. The number of carbonyl (C=O) groups is 1. The van der Waals surface area contributed by atoms with Gasteiger partial charge in [-0.1, -0.05) is 30.0 Å². The first-order valence-corrected chi connectivity index (χ1v) is 9.67. The molecular weight excluding hydrogens is 346 g/mol. The Hall–Kier alpha value is -2.41. The molecule has 1 aliphatic heterocycles. The molecule has 3 aromatic rings. The van der Waals surface area contributed by atoms with Gasteiger partial charge in [-0.25, -0.2) is 9.50 Å². The van der Waals surface area contributed by atoms with Crippen LogP contribution < -0.4 is 4.90 Å². The van der Waals surface area contributed by atoms with Gasteiger partial charge in [0.2, 0.25) is 11.1 Å². The lowest BCUT2D eigenvalue weighted by Crippen LogP contribution is -2.37. The summed E-state index contributed by atoms with van der Waals surface area (Å²) < 4.78 is 1.75. The molecule has 26 heavy (non-hydrogen) atoms. The first-order valence-electron chi connectivity index (χ1n) is 8.69. The van der Waals surface area contributed by atoms with E-state index >= 15 is 0 Å². The molecule has 2 aromatic heterocycles. The highest BCUT2D eigenvalue weighted by Crippen LogP contribution is 2.32. The van der Waals surface area contributed by atoms with E-state index in [0.29, 0.717) is 16.7 Å². The molecule has 1 atom stereocenters. The van der Waals surface area contributed by atoms with Gasteiger partial charge >= 0.3 is 0 Å². The van der Waals surface area contributed by atoms with Crippen molar-refractivity contribution in [3.8, 4) is 0 Å². The Morgan fingerprint density at radius 3 is 2.81 bits per heavy atom. The molecular formula is C19H21N5OS. The predicted octanol–water partition coefficient (Wildman–Crippen LogP) is 3.12. The average molecular weight is 367 g/mol. The minimum atomic E-state index is 0.0864. The van der Waals surface area contributed by atoms with Crippen LogP contribution in [0.25, 0.3) is 5.78 Å². The van der Waals surface area contributed by atoms with Crippen LogP contribution in [0.5, 0.6) is 0 Å². The Balaban J connectivity index is 1.53. The van der Waals surface area contributed by atoms with E-state index in [1.54, 1.807) is 4.52 Å². The highest BCUT2D eigenvalue weighted by Gasteiger charge is 2.30. The number of amides is 1. The fraction of sp³-hybridized carbons (Fsp3) is 0.368. The van der Waals surface area contributed by atoms with Gasteiger partial charge in [0, 0.05) is 23.1 Å². The normalized spacial score (nSPS) is 16.3. The third-order valence-corrected chi connectivity index (χ3v) is 5.86. The lowest BCUT2D eigenvalue weighted by atomic mass is 10.1. The van der Waals surface area contributed by atoms with E-state index in [4.69, 9.17) is 0 Å². The summed E-state index contributed by atoms with van der Waals surface area (Å²) in [6, 6.07) is 8.29. The molecule has 0 N–H and O–H groups in total. The highest BCUT2D eigenvalue weighted by molar-refractivity contribution is 7.99. The van der Waals surface area contributed by atoms with Gasteiger partial charge in [-0.3, -0.25) is 4.79 Å². The number of thioether (sulfide) groups is 1. The van der Waals surface area contributed by atoms with Crippen LogP contribution in [-0.4, -0.2) is 37.3 Å². The monoisotopic (exact) mass is 367 g/mol. The van der Waals surface area contributed by atoms with Crippen LogP contribution in [0.3, 0.4) is 0 Å². The summed E-state index contributed by atoms with van der Waals surface area (Å²) in [6.07, 6.45) is 0.904. The van der Waals surface area contributed by atoms with Crippen molar-refractivity contribution in [2.45, 2.75) is 45.3 Å². The van der Waals surface area contributed by atoms with Gasteiger partial charge in [-0.2, -0.15) is 4.98 Å². The van der Waals surface area contributed by atoms with Crippen molar-refractivity contribution in [3.05, 3.63) is 46.8 Å². The largest absolute Gasteiger partial charge is 0.308 e. The third kappa shape index (κ3) is 2.76. The van der Waals surface area contributed by atoms with E-state index in [2.05, 4.69) is 28.1 Å². The van der Waals surface area contributed by atoms with E-state index in [0.717, 1.165) is 29.1 Å². The van der Waals surface area contributed by atoms with E-state index in [9.17, 15) is 4.79 Å². The molecule has 6 nitrogen and oxygen atoms in total. The van der Waals surface area contributed by atoms with Crippen LogP contribution in [0.4, 0.5) is 5.69 Å². The zero-order chi connectivity index (χ0) is 18.4. The molecule has 134 valence electrons. The summed E-state index contributed by atoms with van der Waals surface area (Å²) in [5, 5.41) is 5.09. The Kier molecular flexibility index (Phi) is 4.19. The minimum absolute atomic E-state index is 0.0864. The molecule has 0 saturated carbocycles. The predicted molar refractivity (Wildman–Crippen MR) is 103 cm³/mol. The van der Waals surface area contributed by atoms with Crippen molar-refractivity contribution in [2.75, 3.05) is 10.7 Å². The summed E-state index contributed by atoms with van der Waals surface area (Å²) in [5.74, 6) is 0.982. The van der Waals surface area contributed by atoms with Crippen LogP contribution in [0, 0.1) is 20.8 Å². The Bertz CT molecular complexity index is 1010. The zero-order valence-electron chi connectivity index (χ0n) is 15.4. The second-order valence-electron chi connectivity index (χ2n) is 6.75. The standard InChI is InChI=1S/C19H21N5OS/c1-11-9-15-7-5-6-8-16(15)23(11)17(25)10-26-19-21-18-20-13(3)12(2)14(4)24(18)22-19/h5-8,11H,9-10H2,1-4H3/t11-/m1/s1. The van der Waals surface area contributed by atoms with E-state index < -0.39 is 0 Å². The minimum Gasteiger partial charge on any atom is -0.308 e. The van der Waals surface area contributed by atoms with Gasteiger partial charge in [0.15, 0.2) is 0 Å². The second kappa shape index (κ2) is 6.39. The van der Waals surface area contributed by atoms with Crippen LogP contribution >= 0.6 is 11.8 Å². The number of aromatic nitrogens is 4. The lowest BCUT2D eigenvalue weighted by molar-refractivity contribution is -0.116. The number of aryl methyl sites for hydroxylation is 2. The summed E-state index contributed by atoms with van der Waals surface area (Å²) in [5.41, 5.74) is 5.35. The van der Waals surface area contributed by atoms with Crippen molar-refractivity contribution < 1.29 is 4.79 Å². The average Bonchev–Trinajstić information content (AvgIpc) is 3.17. The number of hydrogen-bond donors (Lipinski definition) is 0. The van der Waals surface area contributed by atoms with Gasteiger partial charge in [0.25, 0.3) is 5.78 Å². The zero-order valence-corrected chi connectivity index (χ0v) is 16.2. The van der Waals surface area contributed by atoms with Crippen molar-refractivity contribution in [3.63, 3.8) is 0 Å². The summed E-state index contributed by atoms with van der Waals surface area (Å²) >= 11 is 1.36. The molecule has 7 heteroatoms.